The van der Waals surface area contributed by atoms with Gasteiger partial charge in [0.15, 0.2) is 6.10 Å². The molecule has 1 atom stereocenters. The van der Waals surface area contributed by atoms with Crippen LogP contribution in [0.5, 0.6) is 5.75 Å². The molecule has 0 aliphatic heterocycles. The van der Waals surface area contributed by atoms with Gasteiger partial charge < -0.3 is 14.8 Å². The molecule has 1 N–H and O–H groups in total. The summed E-state index contributed by atoms with van der Waals surface area (Å²) in [6.45, 7) is 5.50. The smallest absolute Gasteiger partial charge is 0.341 e. The lowest BCUT2D eigenvalue weighted by atomic mass is 10.0. The third-order valence-electron chi connectivity index (χ3n) is 4.59. The Labute approximate surface area is 184 Å². The standard InChI is InChI=1S/C23H22ClNO4S/c1-13-5-7-16(8-6-13)18-12-30-22(20(18)23(27)28-4)25-21(26)15(3)29-19-10-9-17(24)11-14(19)2/h5-12,15H,1-4H3,(H,25,26). The van der Waals surface area contributed by atoms with Gasteiger partial charge in [-0.1, -0.05) is 41.4 Å². The lowest BCUT2D eigenvalue weighted by molar-refractivity contribution is -0.122. The maximum atomic E-state index is 12.7. The quantitative estimate of drug-likeness (QED) is 0.483. The summed E-state index contributed by atoms with van der Waals surface area (Å²) in [5, 5.41) is 5.66. The number of hydrogen-bond acceptors (Lipinski definition) is 5. The van der Waals surface area contributed by atoms with E-state index in [0.29, 0.717) is 26.9 Å². The van der Waals surface area contributed by atoms with Crippen molar-refractivity contribution in [2.45, 2.75) is 26.9 Å². The number of amides is 1. The largest absolute Gasteiger partial charge is 0.481 e. The highest BCUT2D eigenvalue weighted by atomic mass is 35.5. The molecule has 0 saturated heterocycles. The summed E-state index contributed by atoms with van der Waals surface area (Å²) in [6.07, 6.45) is -0.778. The summed E-state index contributed by atoms with van der Waals surface area (Å²) in [5.41, 5.74) is 3.86. The van der Waals surface area contributed by atoms with E-state index in [2.05, 4.69) is 5.32 Å². The van der Waals surface area contributed by atoms with Crippen LogP contribution in [0, 0.1) is 13.8 Å². The Kier molecular flexibility index (Phi) is 6.80. The summed E-state index contributed by atoms with van der Waals surface area (Å²) < 4.78 is 10.7. The molecule has 1 amide bonds. The number of ether oxygens (including phenoxy) is 2. The number of carbonyl (C=O) groups is 2. The molecule has 0 aliphatic carbocycles. The van der Waals surface area contributed by atoms with Crippen LogP contribution in [0.2, 0.25) is 5.02 Å². The number of benzene rings is 2. The van der Waals surface area contributed by atoms with Gasteiger partial charge in [0, 0.05) is 16.0 Å². The van der Waals surface area contributed by atoms with Gasteiger partial charge in [0.2, 0.25) is 0 Å². The molecule has 0 saturated carbocycles. The van der Waals surface area contributed by atoms with Crippen LogP contribution in [0.3, 0.4) is 0 Å². The van der Waals surface area contributed by atoms with E-state index in [1.165, 1.54) is 18.4 Å². The molecule has 0 aliphatic rings. The van der Waals surface area contributed by atoms with Crippen LogP contribution in [0.1, 0.15) is 28.4 Å². The highest BCUT2D eigenvalue weighted by molar-refractivity contribution is 7.15. The molecule has 7 heteroatoms. The Bertz CT molecular complexity index is 1080. The van der Waals surface area contributed by atoms with Crippen LogP contribution in [-0.2, 0) is 9.53 Å². The number of halogens is 1. The molecule has 0 spiro atoms. The number of aryl methyl sites for hydroxylation is 2. The van der Waals surface area contributed by atoms with Crippen molar-refractivity contribution in [3.63, 3.8) is 0 Å². The Balaban J connectivity index is 1.83. The average molecular weight is 444 g/mol. The number of anilines is 1. The van der Waals surface area contributed by atoms with Crippen molar-refractivity contribution >= 4 is 39.8 Å². The number of rotatable bonds is 6. The Morgan fingerprint density at radius 3 is 2.43 bits per heavy atom. The first-order valence-electron chi connectivity index (χ1n) is 9.30. The average Bonchev–Trinajstić information content (AvgIpc) is 3.13. The lowest BCUT2D eigenvalue weighted by Gasteiger charge is -2.16. The van der Waals surface area contributed by atoms with Crippen LogP contribution >= 0.6 is 22.9 Å². The number of thiophene rings is 1. The number of nitrogens with one attached hydrogen (secondary N) is 1. The van der Waals surface area contributed by atoms with Gasteiger partial charge in [-0.3, -0.25) is 4.79 Å². The molecule has 3 aromatic rings. The predicted molar refractivity (Wildman–Crippen MR) is 121 cm³/mol. The second-order valence-electron chi connectivity index (χ2n) is 6.87. The van der Waals surface area contributed by atoms with Crippen LogP contribution in [0.25, 0.3) is 11.1 Å². The van der Waals surface area contributed by atoms with Crippen molar-refractivity contribution in [1.29, 1.82) is 0 Å². The molecule has 5 nitrogen and oxygen atoms in total. The van der Waals surface area contributed by atoms with Crippen LogP contribution in [0.4, 0.5) is 5.00 Å². The number of hydrogen-bond donors (Lipinski definition) is 1. The zero-order valence-electron chi connectivity index (χ0n) is 17.1. The summed E-state index contributed by atoms with van der Waals surface area (Å²) in [5.74, 6) is -0.308. The highest BCUT2D eigenvalue weighted by Crippen LogP contribution is 2.36. The van der Waals surface area contributed by atoms with Crippen molar-refractivity contribution < 1.29 is 19.1 Å². The molecule has 0 radical (unpaired) electrons. The van der Waals surface area contributed by atoms with E-state index >= 15 is 0 Å². The van der Waals surface area contributed by atoms with E-state index in [0.717, 1.165) is 16.7 Å². The molecular formula is C23H22ClNO4S. The van der Waals surface area contributed by atoms with Crippen LogP contribution in [0.15, 0.2) is 47.8 Å². The summed E-state index contributed by atoms with van der Waals surface area (Å²) >= 11 is 7.24. The van der Waals surface area contributed by atoms with Crippen molar-refractivity contribution in [2.75, 3.05) is 12.4 Å². The maximum Gasteiger partial charge on any atom is 0.341 e. The fourth-order valence-electron chi connectivity index (χ4n) is 2.90. The van der Waals surface area contributed by atoms with Gasteiger partial charge in [-0.15, -0.1) is 11.3 Å². The van der Waals surface area contributed by atoms with Crippen molar-refractivity contribution in [3.8, 4) is 16.9 Å². The topological polar surface area (TPSA) is 64.6 Å². The summed E-state index contributed by atoms with van der Waals surface area (Å²) in [7, 11) is 1.32. The van der Waals surface area contributed by atoms with E-state index in [9.17, 15) is 9.59 Å². The molecule has 0 fully saturated rings. The molecular weight excluding hydrogens is 422 g/mol. The van der Waals surface area contributed by atoms with E-state index in [1.54, 1.807) is 25.1 Å². The molecule has 1 unspecified atom stereocenters. The first-order chi connectivity index (χ1) is 14.3. The van der Waals surface area contributed by atoms with Gasteiger partial charge in [0.05, 0.1) is 7.11 Å². The van der Waals surface area contributed by atoms with E-state index in [-0.39, 0.29) is 5.91 Å². The minimum absolute atomic E-state index is 0.328. The number of methoxy groups -OCH3 is 1. The minimum Gasteiger partial charge on any atom is -0.481 e. The second-order valence-corrected chi connectivity index (χ2v) is 8.19. The van der Waals surface area contributed by atoms with Crippen molar-refractivity contribution in [1.82, 2.24) is 0 Å². The first-order valence-corrected chi connectivity index (χ1v) is 10.6. The maximum absolute atomic E-state index is 12.7. The molecule has 3 rings (SSSR count). The predicted octanol–water partition coefficient (Wildman–Crippen LogP) is 5.88. The fraction of sp³-hybridized carbons (Fsp3) is 0.217. The second kappa shape index (κ2) is 9.32. The van der Waals surface area contributed by atoms with Crippen LogP contribution < -0.4 is 10.1 Å². The van der Waals surface area contributed by atoms with Crippen molar-refractivity contribution in [3.05, 3.63) is 69.6 Å². The molecule has 2 aromatic carbocycles. The summed E-state index contributed by atoms with van der Waals surface area (Å²) in [6, 6.07) is 13.0. The Morgan fingerprint density at radius 1 is 1.10 bits per heavy atom. The van der Waals surface area contributed by atoms with Gasteiger partial charge in [0.25, 0.3) is 5.91 Å². The van der Waals surface area contributed by atoms with E-state index in [1.807, 2.05) is 43.5 Å². The third-order valence-corrected chi connectivity index (χ3v) is 5.72. The van der Waals surface area contributed by atoms with E-state index in [4.69, 9.17) is 21.1 Å². The van der Waals surface area contributed by atoms with Crippen LogP contribution in [-0.4, -0.2) is 25.1 Å². The highest BCUT2D eigenvalue weighted by Gasteiger charge is 2.24. The molecule has 156 valence electrons. The minimum atomic E-state index is -0.778. The molecule has 0 bridgehead atoms. The fourth-order valence-corrected chi connectivity index (χ4v) is 4.09. The first kappa shape index (κ1) is 21.9. The summed E-state index contributed by atoms with van der Waals surface area (Å²) in [4.78, 5) is 25.2. The molecule has 1 aromatic heterocycles. The third kappa shape index (κ3) is 4.83. The Morgan fingerprint density at radius 2 is 1.80 bits per heavy atom. The zero-order chi connectivity index (χ0) is 21.8. The normalized spacial score (nSPS) is 11.6. The number of carbonyl (C=O) groups excluding carboxylic acids is 2. The zero-order valence-corrected chi connectivity index (χ0v) is 18.7. The van der Waals surface area contributed by atoms with Gasteiger partial charge in [-0.2, -0.15) is 0 Å². The van der Waals surface area contributed by atoms with Gasteiger partial charge in [-0.25, -0.2) is 4.79 Å². The van der Waals surface area contributed by atoms with E-state index < -0.39 is 12.1 Å². The van der Waals surface area contributed by atoms with Gasteiger partial charge >= 0.3 is 5.97 Å². The lowest BCUT2D eigenvalue weighted by Crippen LogP contribution is -2.30. The molecule has 1 heterocycles. The monoisotopic (exact) mass is 443 g/mol. The number of esters is 1. The SMILES string of the molecule is COC(=O)c1c(-c2ccc(C)cc2)csc1NC(=O)C(C)Oc1ccc(Cl)cc1C. The molecule has 30 heavy (non-hydrogen) atoms. The Hall–Kier alpha value is -2.83. The van der Waals surface area contributed by atoms with Gasteiger partial charge in [0.1, 0.15) is 16.3 Å². The van der Waals surface area contributed by atoms with Crippen molar-refractivity contribution in [2.24, 2.45) is 0 Å². The van der Waals surface area contributed by atoms with Gasteiger partial charge in [-0.05, 0) is 50.1 Å².